The number of nitrogens with zero attached hydrogens (tertiary/aromatic N) is 1. The van der Waals surface area contributed by atoms with Crippen LogP contribution < -0.4 is 0 Å². The van der Waals surface area contributed by atoms with Gasteiger partial charge in [-0.3, -0.25) is 0 Å². The van der Waals surface area contributed by atoms with Crippen molar-refractivity contribution in [2.75, 3.05) is 0 Å². The van der Waals surface area contributed by atoms with Gasteiger partial charge < -0.3 is 4.98 Å². The summed E-state index contributed by atoms with van der Waals surface area (Å²) in [5, 5.41) is 0.378. The lowest BCUT2D eigenvalue weighted by Crippen LogP contribution is -1.77. The Hall–Kier alpha value is -1.09. The zero-order valence-corrected chi connectivity index (χ0v) is 7.11. The first-order valence-corrected chi connectivity index (χ1v) is 3.86. The van der Waals surface area contributed by atoms with E-state index in [0.717, 1.165) is 0 Å². The highest BCUT2D eigenvalue weighted by Crippen LogP contribution is 2.20. The first-order chi connectivity index (χ1) is 5.66. The molecule has 1 aromatic heterocycles. The quantitative estimate of drug-likeness (QED) is 0.670. The van der Waals surface area contributed by atoms with Gasteiger partial charge in [-0.05, 0) is 19.1 Å². The molecule has 2 nitrogen and oxygen atoms in total. The highest BCUT2D eigenvalue weighted by molar-refractivity contribution is 6.31. The fourth-order valence-corrected chi connectivity index (χ4v) is 1.37. The van der Waals surface area contributed by atoms with Gasteiger partial charge in [-0.1, -0.05) is 11.6 Å². The summed E-state index contributed by atoms with van der Waals surface area (Å²) in [7, 11) is 0. The smallest absolute Gasteiger partial charge is 0.152 e. The zero-order valence-electron chi connectivity index (χ0n) is 6.36. The summed E-state index contributed by atoms with van der Waals surface area (Å²) in [5.74, 6) is 0.299. The average molecular weight is 185 g/mol. The molecule has 0 amide bonds. The third-order valence-electron chi connectivity index (χ3n) is 1.62. The van der Waals surface area contributed by atoms with Gasteiger partial charge in [0.25, 0.3) is 0 Å². The first kappa shape index (κ1) is 7.55. The summed E-state index contributed by atoms with van der Waals surface area (Å²) >= 11 is 5.65. The molecule has 12 heavy (non-hydrogen) atoms. The van der Waals surface area contributed by atoms with Crippen LogP contribution in [-0.2, 0) is 0 Å². The molecule has 2 aromatic rings. The third kappa shape index (κ3) is 1.06. The number of imidazole rings is 1. The second-order valence-electron chi connectivity index (χ2n) is 2.61. The van der Waals surface area contributed by atoms with Crippen molar-refractivity contribution in [3.63, 3.8) is 0 Å². The van der Waals surface area contributed by atoms with Gasteiger partial charge in [-0.15, -0.1) is 0 Å². The SMILES string of the molecule is Cc1nc2c(F)cc(Cl)cc2[nH]1. The Kier molecular flexibility index (Phi) is 1.54. The van der Waals surface area contributed by atoms with Crippen molar-refractivity contribution in [1.82, 2.24) is 9.97 Å². The number of halogens is 2. The number of fused-ring (bicyclic) bond motifs is 1. The minimum Gasteiger partial charge on any atom is -0.342 e. The van der Waals surface area contributed by atoms with Gasteiger partial charge in [0.1, 0.15) is 11.3 Å². The lowest BCUT2D eigenvalue weighted by molar-refractivity contribution is 0.637. The molecule has 4 heteroatoms. The van der Waals surface area contributed by atoms with E-state index in [1.54, 1.807) is 13.0 Å². The summed E-state index contributed by atoms with van der Waals surface area (Å²) in [6.45, 7) is 1.77. The molecule has 0 aliphatic heterocycles. The number of hydrogen-bond donors (Lipinski definition) is 1. The van der Waals surface area contributed by atoms with Crippen molar-refractivity contribution in [3.8, 4) is 0 Å². The normalized spacial score (nSPS) is 10.9. The molecule has 0 unspecified atom stereocenters. The topological polar surface area (TPSA) is 28.7 Å². The van der Waals surface area contributed by atoms with E-state index in [2.05, 4.69) is 9.97 Å². The fourth-order valence-electron chi connectivity index (χ4n) is 1.17. The number of aryl methyl sites for hydroxylation is 1. The standard InChI is InChI=1S/C8H6ClFN2/c1-4-11-7-3-5(9)2-6(10)8(7)12-4/h2-3H,1H3,(H,11,12). The van der Waals surface area contributed by atoms with Gasteiger partial charge in [0.2, 0.25) is 0 Å². The molecular weight excluding hydrogens is 179 g/mol. The van der Waals surface area contributed by atoms with Crippen molar-refractivity contribution >= 4 is 22.6 Å². The van der Waals surface area contributed by atoms with E-state index in [0.29, 0.717) is 21.9 Å². The molecule has 0 saturated heterocycles. The van der Waals surface area contributed by atoms with E-state index < -0.39 is 0 Å². The number of aromatic amines is 1. The number of hydrogen-bond acceptors (Lipinski definition) is 1. The Balaban J connectivity index is 2.88. The number of nitrogens with one attached hydrogen (secondary N) is 1. The molecule has 62 valence electrons. The van der Waals surface area contributed by atoms with Crippen molar-refractivity contribution in [3.05, 3.63) is 28.8 Å². The van der Waals surface area contributed by atoms with Crippen LogP contribution in [0.4, 0.5) is 4.39 Å². The predicted octanol–water partition coefficient (Wildman–Crippen LogP) is 2.66. The minimum absolute atomic E-state index is 0.344. The maximum Gasteiger partial charge on any atom is 0.152 e. The molecule has 0 atom stereocenters. The highest BCUT2D eigenvalue weighted by atomic mass is 35.5. The maximum atomic E-state index is 13.1. The van der Waals surface area contributed by atoms with Crippen LogP contribution in [0.2, 0.25) is 5.02 Å². The number of H-pyrrole nitrogens is 1. The van der Waals surface area contributed by atoms with Crippen molar-refractivity contribution < 1.29 is 4.39 Å². The van der Waals surface area contributed by atoms with Crippen LogP contribution in [0.15, 0.2) is 12.1 Å². The molecular formula is C8H6ClFN2. The van der Waals surface area contributed by atoms with Crippen LogP contribution in [0.25, 0.3) is 11.0 Å². The molecule has 0 bridgehead atoms. The lowest BCUT2D eigenvalue weighted by atomic mass is 10.3. The van der Waals surface area contributed by atoms with E-state index in [1.165, 1.54) is 6.07 Å². The third-order valence-corrected chi connectivity index (χ3v) is 1.84. The zero-order chi connectivity index (χ0) is 8.72. The lowest BCUT2D eigenvalue weighted by Gasteiger charge is -1.91. The number of aromatic nitrogens is 2. The van der Waals surface area contributed by atoms with E-state index in [1.807, 2.05) is 0 Å². The van der Waals surface area contributed by atoms with Crippen LogP contribution >= 0.6 is 11.6 Å². The molecule has 1 N–H and O–H groups in total. The summed E-state index contributed by atoms with van der Waals surface area (Å²) in [6.07, 6.45) is 0. The Bertz CT molecular complexity index is 436. The molecule has 1 aromatic carbocycles. The summed E-state index contributed by atoms with van der Waals surface area (Å²) in [6, 6.07) is 2.91. The average Bonchev–Trinajstić information content (AvgIpc) is 2.29. The summed E-state index contributed by atoms with van der Waals surface area (Å²) < 4.78 is 13.1. The Morgan fingerprint density at radius 3 is 3.00 bits per heavy atom. The maximum absolute atomic E-state index is 13.1. The second kappa shape index (κ2) is 2.45. The monoisotopic (exact) mass is 184 g/mol. The van der Waals surface area contributed by atoms with Crippen LogP contribution in [0.3, 0.4) is 0 Å². The van der Waals surface area contributed by atoms with Crippen molar-refractivity contribution in [2.24, 2.45) is 0 Å². The Labute approximate surface area is 73.4 Å². The van der Waals surface area contributed by atoms with E-state index in [9.17, 15) is 4.39 Å². The van der Waals surface area contributed by atoms with Gasteiger partial charge in [-0.2, -0.15) is 0 Å². The van der Waals surface area contributed by atoms with Crippen molar-refractivity contribution in [1.29, 1.82) is 0 Å². The van der Waals surface area contributed by atoms with Crippen LogP contribution in [0.5, 0.6) is 0 Å². The molecule has 1 heterocycles. The molecule has 0 radical (unpaired) electrons. The molecule has 0 spiro atoms. The van der Waals surface area contributed by atoms with Crippen LogP contribution in [0.1, 0.15) is 5.82 Å². The molecule has 0 aliphatic rings. The Morgan fingerprint density at radius 2 is 2.25 bits per heavy atom. The summed E-state index contributed by atoms with van der Waals surface area (Å²) in [5.41, 5.74) is 0.981. The van der Waals surface area contributed by atoms with Gasteiger partial charge in [-0.25, -0.2) is 9.37 Å². The van der Waals surface area contributed by atoms with Gasteiger partial charge in [0.05, 0.1) is 5.52 Å². The first-order valence-electron chi connectivity index (χ1n) is 3.48. The largest absolute Gasteiger partial charge is 0.342 e. The molecule has 0 saturated carbocycles. The number of benzene rings is 1. The molecule has 0 aliphatic carbocycles. The van der Waals surface area contributed by atoms with Gasteiger partial charge >= 0.3 is 0 Å². The van der Waals surface area contributed by atoms with Gasteiger partial charge in [0, 0.05) is 5.02 Å². The highest BCUT2D eigenvalue weighted by Gasteiger charge is 2.06. The number of rotatable bonds is 0. The van der Waals surface area contributed by atoms with Crippen molar-refractivity contribution in [2.45, 2.75) is 6.92 Å². The van der Waals surface area contributed by atoms with E-state index in [4.69, 9.17) is 11.6 Å². The minimum atomic E-state index is -0.387. The molecule has 2 rings (SSSR count). The summed E-state index contributed by atoms with van der Waals surface area (Å²) in [4.78, 5) is 6.87. The van der Waals surface area contributed by atoms with Gasteiger partial charge in [0.15, 0.2) is 5.82 Å². The van der Waals surface area contributed by atoms with Crippen LogP contribution in [-0.4, -0.2) is 9.97 Å². The van der Waals surface area contributed by atoms with Crippen LogP contribution in [0, 0.1) is 12.7 Å². The van der Waals surface area contributed by atoms with E-state index in [-0.39, 0.29) is 5.82 Å². The molecule has 0 fully saturated rings. The van der Waals surface area contributed by atoms with E-state index >= 15 is 0 Å². The fraction of sp³-hybridized carbons (Fsp3) is 0.125. The Morgan fingerprint density at radius 1 is 1.50 bits per heavy atom. The predicted molar refractivity (Wildman–Crippen MR) is 45.8 cm³/mol. The second-order valence-corrected chi connectivity index (χ2v) is 3.04.